The Morgan fingerprint density at radius 3 is 2.80 bits per heavy atom. The zero-order valence-corrected chi connectivity index (χ0v) is 12.0. The minimum Gasteiger partial charge on any atom is -0.382 e. The van der Waals surface area contributed by atoms with Crippen LogP contribution in [0.3, 0.4) is 0 Å². The molecule has 5 heteroatoms. The lowest BCUT2D eigenvalue weighted by molar-refractivity contribution is 0.0727. The highest BCUT2D eigenvalue weighted by Crippen LogP contribution is 2.28. The van der Waals surface area contributed by atoms with Crippen molar-refractivity contribution in [2.45, 2.75) is 31.9 Å². The van der Waals surface area contributed by atoms with Crippen LogP contribution in [-0.4, -0.2) is 37.2 Å². The summed E-state index contributed by atoms with van der Waals surface area (Å²) in [6.07, 6.45) is 0.897. The van der Waals surface area contributed by atoms with Crippen molar-refractivity contribution in [3.8, 4) is 0 Å². The van der Waals surface area contributed by atoms with Crippen molar-refractivity contribution in [1.29, 1.82) is 0 Å². The third-order valence-corrected chi connectivity index (χ3v) is 4.32. The summed E-state index contributed by atoms with van der Waals surface area (Å²) in [7, 11) is 0. The molecular formula is C15H21N3O2. The van der Waals surface area contributed by atoms with E-state index in [1.807, 2.05) is 32.0 Å². The summed E-state index contributed by atoms with van der Waals surface area (Å²) in [6.45, 7) is 6.53. The summed E-state index contributed by atoms with van der Waals surface area (Å²) in [4.78, 5) is 12.4. The predicted molar refractivity (Wildman–Crippen MR) is 79.3 cm³/mol. The number of rotatable bonds is 2. The van der Waals surface area contributed by atoms with Gasteiger partial charge in [0.05, 0.1) is 23.0 Å². The fourth-order valence-electron chi connectivity index (χ4n) is 2.71. The van der Waals surface area contributed by atoms with Crippen LogP contribution in [0, 0.1) is 0 Å². The summed E-state index contributed by atoms with van der Waals surface area (Å²) >= 11 is 0. The third kappa shape index (κ3) is 2.33. The topological polar surface area (TPSA) is 62.4 Å². The molecule has 0 bridgehead atoms. The number of hydrogen-bond acceptors (Lipinski definition) is 4. The normalized spacial score (nSPS) is 28.2. The number of benzene rings is 1. The number of hydrogen-bond donors (Lipinski definition) is 3. The molecule has 0 saturated carbocycles. The highest BCUT2D eigenvalue weighted by Gasteiger charge is 2.38. The first kappa shape index (κ1) is 13.2. The maximum absolute atomic E-state index is 12.4. The van der Waals surface area contributed by atoms with Gasteiger partial charge >= 0.3 is 0 Å². The van der Waals surface area contributed by atoms with Crippen LogP contribution >= 0.6 is 0 Å². The molecule has 2 aliphatic heterocycles. The van der Waals surface area contributed by atoms with Crippen molar-refractivity contribution in [2.75, 3.05) is 30.3 Å². The van der Waals surface area contributed by atoms with Gasteiger partial charge in [-0.1, -0.05) is 0 Å². The molecule has 1 aromatic carbocycles. The monoisotopic (exact) mass is 275 g/mol. The van der Waals surface area contributed by atoms with E-state index in [-0.39, 0.29) is 17.6 Å². The van der Waals surface area contributed by atoms with Crippen molar-refractivity contribution in [1.82, 2.24) is 5.32 Å². The summed E-state index contributed by atoms with van der Waals surface area (Å²) in [5.74, 6) is -0.0416. The van der Waals surface area contributed by atoms with E-state index >= 15 is 0 Å². The zero-order chi connectivity index (χ0) is 14.2. The average molecular weight is 275 g/mol. The van der Waals surface area contributed by atoms with Gasteiger partial charge < -0.3 is 20.7 Å². The molecule has 0 aliphatic carbocycles. The van der Waals surface area contributed by atoms with Crippen LogP contribution < -0.4 is 16.0 Å². The van der Waals surface area contributed by atoms with Crippen LogP contribution in [0.25, 0.3) is 0 Å². The van der Waals surface area contributed by atoms with E-state index in [1.165, 1.54) is 0 Å². The number of carbonyl (C=O) groups is 1. The van der Waals surface area contributed by atoms with Crippen LogP contribution in [-0.2, 0) is 4.74 Å². The van der Waals surface area contributed by atoms with E-state index in [2.05, 4.69) is 16.0 Å². The Labute approximate surface area is 119 Å². The second kappa shape index (κ2) is 4.98. The Balaban J connectivity index is 1.77. The summed E-state index contributed by atoms with van der Waals surface area (Å²) in [6, 6.07) is 5.71. The zero-order valence-electron chi connectivity index (χ0n) is 12.0. The van der Waals surface area contributed by atoms with E-state index in [1.54, 1.807) is 0 Å². The molecule has 3 N–H and O–H groups in total. The molecule has 1 amide bonds. The molecule has 0 radical (unpaired) electrons. The molecule has 2 unspecified atom stereocenters. The van der Waals surface area contributed by atoms with Gasteiger partial charge in [0.2, 0.25) is 0 Å². The molecule has 5 nitrogen and oxygen atoms in total. The molecule has 2 atom stereocenters. The lowest BCUT2D eigenvalue weighted by atomic mass is 9.94. The minimum absolute atomic E-state index is 0.0416. The predicted octanol–water partition coefficient (Wildman–Crippen LogP) is 1.82. The van der Waals surface area contributed by atoms with Crippen molar-refractivity contribution in [3.05, 3.63) is 23.8 Å². The van der Waals surface area contributed by atoms with Gasteiger partial charge in [-0.25, -0.2) is 0 Å². The fourth-order valence-corrected chi connectivity index (χ4v) is 2.71. The molecule has 0 aromatic heterocycles. The number of anilines is 2. The minimum atomic E-state index is -0.279. The average Bonchev–Trinajstić information content (AvgIpc) is 2.77. The van der Waals surface area contributed by atoms with Gasteiger partial charge in [0, 0.05) is 25.3 Å². The van der Waals surface area contributed by atoms with Gasteiger partial charge in [-0.05, 0) is 38.5 Å². The van der Waals surface area contributed by atoms with Crippen LogP contribution in [0.5, 0.6) is 0 Å². The molecule has 20 heavy (non-hydrogen) atoms. The fraction of sp³-hybridized carbons (Fsp3) is 0.533. The number of carbonyl (C=O) groups excluding carboxylic acids is 1. The molecule has 1 aromatic rings. The molecule has 1 saturated heterocycles. The second-order valence-electron chi connectivity index (χ2n) is 5.75. The first-order valence-electron chi connectivity index (χ1n) is 7.14. The molecular weight excluding hydrogens is 254 g/mol. The van der Waals surface area contributed by atoms with Gasteiger partial charge in [-0.3, -0.25) is 4.79 Å². The number of amides is 1. The van der Waals surface area contributed by atoms with E-state index in [4.69, 9.17) is 4.74 Å². The largest absolute Gasteiger partial charge is 0.382 e. The smallest absolute Gasteiger partial charge is 0.251 e. The molecule has 2 heterocycles. The molecule has 0 spiro atoms. The maximum atomic E-state index is 12.4. The van der Waals surface area contributed by atoms with Crippen LogP contribution in [0.4, 0.5) is 11.4 Å². The SMILES string of the molecule is CC1OCCC1(C)NC(=O)c1ccc2c(c1)NCCN2. The van der Waals surface area contributed by atoms with Crippen molar-refractivity contribution >= 4 is 17.3 Å². The second-order valence-corrected chi connectivity index (χ2v) is 5.75. The Kier molecular flexibility index (Phi) is 3.30. The van der Waals surface area contributed by atoms with E-state index in [9.17, 15) is 4.79 Å². The van der Waals surface area contributed by atoms with Crippen LogP contribution in [0.1, 0.15) is 30.6 Å². The Hall–Kier alpha value is -1.75. The third-order valence-electron chi connectivity index (χ3n) is 4.32. The molecule has 1 fully saturated rings. The van der Waals surface area contributed by atoms with Gasteiger partial charge in [0.25, 0.3) is 5.91 Å². The molecule has 2 aliphatic rings. The summed E-state index contributed by atoms with van der Waals surface area (Å²) in [5, 5.41) is 9.72. The highest BCUT2D eigenvalue weighted by molar-refractivity contribution is 5.97. The Morgan fingerprint density at radius 1 is 1.35 bits per heavy atom. The lowest BCUT2D eigenvalue weighted by Gasteiger charge is -2.29. The van der Waals surface area contributed by atoms with E-state index in [0.29, 0.717) is 12.2 Å². The first-order chi connectivity index (χ1) is 9.58. The number of fused-ring (bicyclic) bond motifs is 1. The Morgan fingerprint density at radius 2 is 2.10 bits per heavy atom. The van der Waals surface area contributed by atoms with Gasteiger partial charge in [0.15, 0.2) is 0 Å². The van der Waals surface area contributed by atoms with E-state index in [0.717, 1.165) is 30.9 Å². The number of nitrogens with one attached hydrogen (secondary N) is 3. The van der Waals surface area contributed by atoms with Crippen LogP contribution in [0.2, 0.25) is 0 Å². The van der Waals surface area contributed by atoms with Gasteiger partial charge in [-0.2, -0.15) is 0 Å². The standard InChI is InChI=1S/C15H21N3O2/c1-10-15(2,5-8-20-10)18-14(19)11-3-4-12-13(9-11)17-7-6-16-12/h3-4,9-10,16-17H,5-8H2,1-2H3,(H,18,19). The number of ether oxygens (including phenoxy) is 1. The van der Waals surface area contributed by atoms with Crippen molar-refractivity contribution < 1.29 is 9.53 Å². The summed E-state index contributed by atoms with van der Waals surface area (Å²) < 4.78 is 5.56. The molecule has 108 valence electrons. The highest BCUT2D eigenvalue weighted by atomic mass is 16.5. The van der Waals surface area contributed by atoms with Gasteiger partial charge in [0.1, 0.15) is 0 Å². The van der Waals surface area contributed by atoms with Crippen molar-refractivity contribution in [3.63, 3.8) is 0 Å². The molecule has 3 rings (SSSR count). The summed E-state index contributed by atoms with van der Waals surface area (Å²) in [5.41, 5.74) is 2.44. The maximum Gasteiger partial charge on any atom is 0.251 e. The Bertz CT molecular complexity index is 532. The van der Waals surface area contributed by atoms with Crippen molar-refractivity contribution in [2.24, 2.45) is 0 Å². The van der Waals surface area contributed by atoms with E-state index < -0.39 is 0 Å². The van der Waals surface area contributed by atoms with Gasteiger partial charge in [-0.15, -0.1) is 0 Å². The quantitative estimate of drug-likeness (QED) is 0.770. The first-order valence-corrected chi connectivity index (χ1v) is 7.14. The van der Waals surface area contributed by atoms with Crippen LogP contribution in [0.15, 0.2) is 18.2 Å². The lowest BCUT2D eigenvalue weighted by Crippen LogP contribution is -2.50.